The summed E-state index contributed by atoms with van der Waals surface area (Å²) in [4.78, 5) is 4.86. The van der Waals surface area contributed by atoms with Crippen LogP contribution in [0.25, 0.3) is 0 Å². The third-order valence-corrected chi connectivity index (χ3v) is 3.90. The summed E-state index contributed by atoms with van der Waals surface area (Å²) in [5.74, 6) is 0. The molecule has 2 aromatic rings. The number of nitrogens with zero attached hydrogens (tertiary/aromatic N) is 3. The van der Waals surface area contributed by atoms with Crippen LogP contribution in [0.15, 0.2) is 48.5 Å². The van der Waals surface area contributed by atoms with Crippen LogP contribution in [0, 0.1) is 17.4 Å². The molecule has 1 fully saturated rings. The van der Waals surface area contributed by atoms with Crippen LogP contribution in [0.1, 0.15) is 11.1 Å². The average Bonchev–Trinajstić information content (AvgIpc) is 2.56. The van der Waals surface area contributed by atoms with E-state index in [1.807, 2.05) is 30.3 Å². The van der Waals surface area contributed by atoms with Gasteiger partial charge in [0.25, 0.3) is 0 Å². The summed E-state index contributed by atoms with van der Waals surface area (Å²) in [5.41, 5.74) is 3.24. The Bertz CT molecular complexity index is 622. The second-order valence-corrected chi connectivity index (χ2v) is 5.33. The summed E-state index contributed by atoms with van der Waals surface area (Å²) >= 11 is 0. The Morgan fingerprint density at radius 2 is 1.81 bits per heavy atom. The first-order valence-electron chi connectivity index (χ1n) is 7.27. The van der Waals surface area contributed by atoms with Crippen molar-refractivity contribution in [3.63, 3.8) is 0 Å². The predicted octanol–water partition coefficient (Wildman–Crippen LogP) is 2.68. The van der Waals surface area contributed by atoms with E-state index in [4.69, 9.17) is 5.26 Å². The van der Waals surface area contributed by atoms with Crippen LogP contribution in [0.3, 0.4) is 0 Å². The van der Waals surface area contributed by atoms with Crippen molar-refractivity contribution in [3.05, 3.63) is 65.7 Å². The average molecular weight is 276 g/mol. The van der Waals surface area contributed by atoms with Gasteiger partial charge in [0, 0.05) is 38.4 Å². The fourth-order valence-electron chi connectivity index (χ4n) is 2.75. The molecule has 2 aromatic carbocycles. The SMILES string of the molecule is N#Cc1cccc(CN2CCN(c3cc[c]cc3)CC2)c1. The molecule has 1 radical (unpaired) electrons. The van der Waals surface area contributed by atoms with Gasteiger partial charge in [-0.3, -0.25) is 4.90 Å². The number of hydrogen-bond donors (Lipinski definition) is 0. The Balaban J connectivity index is 1.57. The van der Waals surface area contributed by atoms with Crippen LogP contribution in [0.4, 0.5) is 5.69 Å². The van der Waals surface area contributed by atoms with Gasteiger partial charge < -0.3 is 4.90 Å². The molecule has 0 bridgehead atoms. The fourth-order valence-corrected chi connectivity index (χ4v) is 2.75. The maximum absolute atomic E-state index is 8.96. The fraction of sp³-hybridized carbons (Fsp3) is 0.278. The highest BCUT2D eigenvalue weighted by Crippen LogP contribution is 2.16. The smallest absolute Gasteiger partial charge is 0.0991 e. The van der Waals surface area contributed by atoms with Gasteiger partial charge in [0.1, 0.15) is 0 Å². The maximum atomic E-state index is 8.96. The van der Waals surface area contributed by atoms with E-state index in [0.717, 1.165) is 38.3 Å². The highest BCUT2D eigenvalue weighted by Gasteiger charge is 2.17. The molecule has 1 heterocycles. The molecule has 21 heavy (non-hydrogen) atoms. The molecule has 1 saturated heterocycles. The Labute approximate surface area is 126 Å². The first-order valence-corrected chi connectivity index (χ1v) is 7.27. The Morgan fingerprint density at radius 1 is 1.05 bits per heavy atom. The van der Waals surface area contributed by atoms with E-state index in [0.29, 0.717) is 0 Å². The van der Waals surface area contributed by atoms with Crippen molar-refractivity contribution >= 4 is 5.69 Å². The summed E-state index contributed by atoms with van der Waals surface area (Å²) in [7, 11) is 0. The van der Waals surface area contributed by atoms with E-state index in [-0.39, 0.29) is 0 Å². The minimum atomic E-state index is 0.742. The van der Waals surface area contributed by atoms with Crippen molar-refractivity contribution < 1.29 is 0 Å². The maximum Gasteiger partial charge on any atom is 0.0991 e. The molecule has 0 unspecified atom stereocenters. The van der Waals surface area contributed by atoms with E-state index in [9.17, 15) is 0 Å². The third-order valence-electron chi connectivity index (χ3n) is 3.90. The quantitative estimate of drug-likeness (QED) is 0.863. The van der Waals surface area contributed by atoms with Gasteiger partial charge in [-0.05, 0) is 35.9 Å². The lowest BCUT2D eigenvalue weighted by molar-refractivity contribution is 0.250. The van der Waals surface area contributed by atoms with Crippen molar-refractivity contribution in [2.75, 3.05) is 31.1 Å². The summed E-state index contributed by atoms with van der Waals surface area (Å²) in [6.07, 6.45) is 0. The molecule has 0 atom stereocenters. The van der Waals surface area contributed by atoms with Crippen molar-refractivity contribution in [2.45, 2.75) is 6.54 Å². The van der Waals surface area contributed by atoms with E-state index < -0.39 is 0 Å². The summed E-state index contributed by atoms with van der Waals surface area (Å²) in [6.45, 7) is 5.11. The highest BCUT2D eigenvalue weighted by molar-refractivity contribution is 5.46. The van der Waals surface area contributed by atoms with Crippen LogP contribution in [-0.2, 0) is 6.54 Å². The first-order chi connectivity index (χ1) is 10.3. The van der Waals surface area contributed by atoms with Gasteiger partial charge in [0.15, 0.2) is 0 Å². The number of nitriles is 1. The van der Waals surface area contributed by atoms with Gasteiger partial charge in [-0.1, -0.05) is 24.3 Å². The first kappa shape index (κ1) is 13.7. The van der Waals surface area contributed by atoms with Crippen molar-refractivity contribution in [2.24, 2.45) is 0 Å². The molecule has 0 saturated carbocycles. The lowest BCUT2D eigenvalue weighted by Crippen LogP contribution is -2.45. The zero-order valence-corrected chi connectivity index (χ0v) is 12.0. The Morgan fingerprint density at radius 3 is 2.52 bits per heavy atom. The predicted molar refractivity (Wildman–Crippen MR) is 83.9 cm³/mol. The summed E-state index contributed by atoms with van der Waals surface area (Å²) in [6, 6.07) is 21.3. The van der Waals surface area contributed by atoms with Crippen molar-refractivity contribution in [1.82, 2.24) is 4.90 Å². The highest BCUT2D eigenvalue weighted by atomic mass is 15.3. The molecule has 3 nitrogen and oxygen atoms in total. The number of hydrogen-bond acceptors (Lipinski definition) is 3. The van der Waals surface area contributed by atoms with E-state index in [1.165, 1.54) is 11.3 Å². The van der Waals surface area contributed by atoms with E-state index >= 15 is 0 Å². The second-order valence-electron chi connectivity index (χ2n) is 5.33. The van der Waals surface area contributed by atoms with E-state index in [2.05, 4.69) is 40.1 Å². The van der Waals surface area contributed by atoms with Crippen LogP contribution in [0.2, 0.25) is 0 Å². The lowest BCUT2D eigenvalue weighted by atomic mass is 10.1. The molecule has 1 aliphatic rings. The number of benzene rings is 2. The molecular formula is C18H18N3. The number of anilines is 1. The van der Waals surface area contributed by atoms with Gasteiger partial charge in [0.05, 0.1) is 11.6 Å². The number of rotatable bonds is 3. The molecule has 0 aliphatic carbocycles. The van der Waals surface area contributed by atoms with Crippen molar-refractivity contribution in [1.29, 1.82) is 5.26 Å². The Kier molecular flexibility index (Phi) is 4.18. The van der Waals surface area contributed by atoms with Crippen LogP contribution >= 0.6 is 0 Å². The van der Waals surface area contributed by atoms with Gasteiger partial charge in [-0.25, -0.2) is 0 Å². The van der Waals surface area contributed by atoms with Crippen LogP contribution < -0.4 is 4.90 Å². The third kappa shape index (κ3) is 3.42. The molecular weight excluding hydrogens is 258 g/mol. The van der Waals surface area contributed by atoms with Gasteiger partial charge >= 0.3 is 0 Å². The summed E-state index contributed by atoms with van der Waals surface area (Å²) < 4.78 is 0. The van der Waals surface area contributed by atoms with Gasteiger partial charge in [0.2, 0.25) is 0 Å². The van der Waals surface area contributed by atoms with E-state index in [1.54, 1.807) is 0 Å². The minimum absolute atomic E-state index is 0.742. The zero-order chi connectivity index (χ0) is 14.5. The lowest BCUT2D eigenvalue weighted by Gasteiger charge is -2.36. The Hall–Kier alpha value is -2.31. The van der Waals surface area contributed by atoms with Gasteiger partial charge in [-0.15, -0.1) is 0 Å². The monoisotopic (exact) mass is 276 g/mol. The normalized spacial score (nSPS) is 15.7. The molecule has 105 valence electrons. The molecule has 1 aliphatic heterocycles. The van der Waals surface area contributed by atoms with Crippen LogP contribution in [-0.4, -0.2) is 31.1 Å². The molecule has 3 rings (SSSR count). The number of piperazine rings is 1. The van der Waals surface area contributed by atoms with Gasteiger partial charge in [-0.2, -0.15) is 5.26 Å². The minimum Gasteiger partial charge on any atom is -0.369 e. The second kappa shape index (κ2) is 6.43. The zero-order valence-electron chi connectivity index (χ0n) is 12.0. The molecule has 0 amide bonds. The standard InChI is InChI=1S/C18H18N3/c19-14-16-5-4-6-17(13-16)15-20-9-11-21(12-10-20)18-7-2-1-3-8-18/h2-8,13H,9-12,15H2. The van der Waals surface area contributed by atoms with Crippen molar-refractivity contribution in [3.8, 4) is 6.07 Å². The molecule has 0 spiro atoms. The molecule has 3 heteroatoms. The molecule has 0 N–H and O–H groups in total. The molecule has 0 aromatic heterocycles. The summed E-state index contributed by atoms with van der Waals surface area (Å²) in [5, 5.41) is 8.96. The largest absolute Gasteiger partial charge is 0.369 e. The van der Waals surface area contributed by atoms with Crippen LogP contribution in [0.5, 0.6) is 0 Å². The topological polar surface area (TPSA) is 30.3 Å².